The van der Waals surface area contributed by atoms with E-state index in [-0.39, 0.29) is 0 Å². The molecule has 0 spiro atoms. The van der Waals surface area contributed by atoms with E-state index in [1.165, 1.54) is 16.7 Å². The Labute approximate surface area is 181 Å². The third kappa shape index (κ3) is 6.24. The first-order chi connectivity index (χ1) is 13.9. The van der Waals surface area contributed by atoms with Gasteiger partial charge in [0.2, 0.25) is 0 Å². The van der Waals surface area contributed by atoms with Gasteiger partial charge in [0.1, 0.15) is 0 Å². The lowest BCUT2D eigenvalue weighted by Crippen LogP contribution is -2.06. The number of pyridine rings is 1. The summed E-state index contributed by atoms with van der Waals surface area (Å²) >= 11 is 2.45. The van der Waals surface area contributed by atoms with Crippen LogP contribution < -0.4 is 0 Å². The Kier molecular flexibility index (Phi) is 8.65. The molecule has 0 radical (unpaired) electrons. The Hall–Kier alpha value is -2.05. The van der Waals surface area contributed by atoms with Crippen molar-refractivity contribution in [1.29, 1.82) is 0 Å². The SMILES string of the molecule is ICCC(c1ccccc1)c1cnccc1C=NCCOCc1ccccc1. The van der Waals surface area contributed by atoms with Gasteiger partial charge in [0, 0.05) is 29.0 Å². The molecule has 3 aromatic rings. The summed E-state index contributed by atoms with van der Waals surface area (Å²) in [6.07, 6.45) is 6.86. The van der Waals surface area contributed by atoms with Crippen molar-refractivity contribution in [3.05, 3.63) is 101 Å². The lowest BCUT2D eigenvalue weighted by atomic mass is 9.88. The van der Waals surface area contributed by atoms with Gasteiger partial charge in [0.15, 0.2) is 0 Å². The molecule has 1 unspecified atom stereocenters. The molecule has 0 N–H and O–H groups in total. The molecule has 0 saturated carbocycles. The van der Waals surface area contributed by atoms with Crippen LogP contribution in [0.15, 0.2) is 84.1 Å². The van der Waals surface area contributed by atoms with E-state index in [4.69, 9.17) is 4.74 Å². The van der Waals surface area contributed by atoms with Gasteiger partial charge in [-0.1, -0.05) is 83.3 Å². The van der Waals surface area contributed by atoms with E-state index in [1.54, 1.807) is 0 Å². The average Bonchev–Trinajstić information content (AvgIpc) is 2.76. The molecule has 0 bridgehead atoms. The molecular formula is C24H25IN2O. The molecule has 3 rings (SSSR count). The van der Waals surface area contributed by atoms with Crippen LogP contribution in [0.25, 0.3) is 0 Å². The van der Waals surface area contributed by atoms with Gasteiger partial charge in [-0.25, -0.2) is 0 Å². The molecular weight excluding hydrogens is 459 g/mol. The molecule has 1 aromatic heterocycles. The lowest BCUT2D eigenvalue weighted by molar-refractivity contribution is 0.128. The maximum absolute atomic E-state index is 5.72. The van der Waals surface area contributed by atoms with Gasteiger partial charge in [0.05, 0.1) is 19.8 Å². The zero-order chi connectivity index (χ0) is 19.4. The van der Waals surface area contributed by atoms with E-state index in [9.17, 15) is 0 Å². The first-order valence-corrected chi connectivity index (χ1v) is 11.1. The smallest absolute Gasteiger partial charge is 0.0717 e. The van der Waals surface area contributed by atoms with Crippen LogP contribution in [0.4, 0.5) is 0 Å². The second kappa shape index (κ2) is 11.7. The summed E-state index contributed by atoms with van der Waals surface area (Å²) in [5.41, 5.74) is 4.89. The number of hydrogen-bond acceptors (Lipinski definition) is 3. The standard InChI is InChI=1S/C24H25IN2O/c25-13-11-23(21-9-5-2-6-10-21)24-18-26-14-12-22(24)17-27-15-16-28-19-20-7-3-1-4-8-20/h1-10,12,14,17-18,23H,11,13,15-16,19H2. The molecule has 0 saturated heterocycles. The Morgan fingerprint density at radius 2 is 1.75 bits per heavy atom. The van der Waals surface area contributed by atoms with Gasteiger partial charge < -0.3 is 4.74 Å². The van der Waals surface area contributed by atoms with Gasteiger partial charge in [-0.2, -0.15) is 0 Å². The van der Waals surface area contributed by atoms with Crippen molar-refractivity contribution in [2.75, 3.05) is 17.6 Å². The molecule has 3 nitrogen and oxygen atoms in total. The highest BCUT2D eigenvalue weighted by Crippen LogP contribution is 2.30. The largest absolute Gasteiger partial charge is 0.375 e. The Morgan fingerprint density at radius 1 is 1.00 bits per heavy atom. The van der Waals surface area contributed by atoms with Crippen molar-refractivity contribution in [1.82, 2.24) is 4.98 Å². The number of aromatic nitrogens is 1. The van der Waals surface area contributed by atoms with E-state index in [2.05, 4.69) is 75.0 Å². The number of benzene rings is 2. The number of ether oxygens (including phenoxy) is 1. The van der Waals surface area contributed by atoms with Crippen LogP contribution in [0.3, 0.4) is 0 Å². The van der Waals surface area contributed by atoms with Crippen LogP contribution in [0, 0.1) is 0 Å². The van der Waals surface area contributed by atoms with Crippen LogP contribution in [0.5, 0.6) is 0 Å². The maximum Gasteiger partial charge on any atom is 0.0717 e. The minimum absolute atomic E-state index is 0.336. The van der Waals surface area contributed by atoms with Gasteiger partial charge in [0.25, 0.3) is 0 Å². The number of aliphatic imine (C=N–C) groups is 1. The van der Waals surface area contributed by atoms with Crippen molar-refractivity contribution in [3.63, 3.8) is 0 Å². The van der Waals surface area contributed by atoms with Crippen molar-refractivity contribution < 1.29 is 4.74 Å². The fourth-order valence-corrected chi connectivity index (χ4v) is 3.79. The maximum atomic E-state index is 5.72. The zero-order valence-corrected chi connectivity index (χ0v) is 18.0. The number of rotatable bonds is 10. The van der Waals surface area contributed by atoms with E-state index in [0.29, 0.717) is 25.7 Å². The summed E-state index contributed by atoms with van der Waals surface area (Å²) in [4.78, 5) is 8.97. The molecule has 0 amide bonds. The number of alkyl halides is 1. The summed E-state index contributed by atoms with van der Waals surface area (Å²) in [5, 5.41) is 0. The first-order valence-electron chi connectivity index (χ1n) is 9.55. The molecule has 0 aliphatic heterocycles. The number of nitrogens with zero attached hydrogens (tertiary/aromatic N) is 2. The third-order valence-electron chi connectivity index (χ3n) is 4.57. The molecule has 0 fully saturated rings. The molecule has 0 aliphatic rings. The lowest BCUT2D eigenvalue weighted by Gasteiger charge is -2.18. The summed E-state index contributed by atoms with van der Waals surface area (Å²) in [7, 11) is 0. The fraction of sp³-hybridized carbons (Fsp3) is 0.250. The summed E-state index contributed by atoms with van der Waals surface area (Å²) < 4.78 is 6.81. The molecule has 1 heterocycles. The predicted octanol–water partition coefficient (Wildman–Crippen LogP) is 5.67. The van der Waals surface area contributed by atoms with Crippen LogP contribution in [-0.4, -0.2) is 28.8 Å². The Bertz CT molecular complexity index is 853. The molecule has 4 heteroatoms. The van der Waals surface area contributed by atoms with E-state index >= 15 is 0 Å². The van der Waals surface area contributed by atoms with Gasteiger partial charge in [-0.05, 0) is 34.7 Å². The summed E-state index contributed by atoms with van der Waals surface area (Å²) in [5.74, 6) is 0.336. The topological polar surface area (TPSA) is 34.5 Å². The van der Waals surface area contributed by atoms with Crippen molar-refractivity contribution in [2.24, 2.45) is 4.99 Å². The Balaban J connectivity index is 1.62. The number of halogens is 1. The molecule has 2 aromatic carbocycles. The minimum atomic E-state index is 0.336. The molecule has 1 atom stereocenters. The van der Waals surface area contributed by atoms with Gasteiger partial charge >= 0.3 is 0 Å². The zero-order valence-electron chi connectivity index (χ0n) is 15.9. The van der Waals surface area contributed by atoms with Gasteiger partial charge in [-0.15, -0.1) is 0 Å². The van der Waals surface area contributed by atoms with Crippen LogP contribution in [-0.2, 0) is 11.3 Å². The second-order valence-corrected chi connectivity index (χ2v) is 7.60. The monoisotopic (exact) mass is 484 g/mol. The number of hydrogen-bond donors (Lipinski definition) is 0. The highest BCUT2D eigenvalue weighted by Gasteiger charge is 2.16. The van der Waals surface area contributed by atoms with Crippen LogP contribution in [0.1, 0.15) is 34.6 Å². The summed E-state index contributed by atoms with van der Waals surface area (Å²) in [6, 6.07) is 22.9. The fourth-order valence-electron chi connectivity index (χ4n) is 3.17. The van der Waals surface area contributed by atoms with E-state index in [1.807, 2.05) is 42.9 Å². The first kappa shape index (κ1) is 20.7. The van der Waals surface area contributed by atoms with Crippen LogP contribution in [0.2, 0.25) is 0 Å². The average molecular weight is 484 g/mol. The van der Waals surface area contributed by atoms with Crippen molar-refractivity contribution in [3.8, 4) is 0 Å². The van der Waals surface area contributed by atoms with Gasteiger partial charge in [-0.3, -0.25) is 9.98 Å². The molecule has 28 heavy (non-hydrogen) atoms. The molecule has 0 aliphatic carbocycles. The second-order valence-electron chi connectivity index (χ2n) is 6.52. The normalized spacial score (nSPS) is 12.3. The predicted molar refractivity (Wildman–Crippen MR) is 125 cm³/mol. The highest BCUT2D eigenvalue weighted by molar-refractivity contribution is 14.1. The minimum Gasteiger partial charge on any atom is -0.375 e. The highest BCUT2D eigenvalue weighted by atomic mass is 127. The van der Waals surface area contributed by atoms with Crippen LogP contribution >= 0.6 is 22.6 Å². The summed E-state index contributed by atoms with van der Waals surface area (Å²) in [6.45, 7) is 1.89. The van der Waals surface area contributed by atoms with Crippen molar-refractivity contribution in [2.45, 2.75) is 18.9 Å². The third-order valence-corrected chi connectivity index (χ3v) is 5.19. The van der Waals surface area contributed by atoms with Crippen molar-refractivity contribution >= 4 is 28.8 Å². The van der Waals surface area contributed by atoms with E-state index in [0.717, 1.165) is 16.4 Å². The molecule has 144 valence electrons. The Morgan fingerprint density at radius 3 is 2.50 bits per heavy atom. The van der Waals surface area contributed by atoms with E-state index < -0.39 is 0 Å². The quantitative estimate of drug-likeness (QED) is 0.161.